The molecule has 0 saturated heterocycles. The molecule has 0 atom stereocenters. The molecule has 0 fully saturated rings. The van der Waals surface area contributed by atoms with E-state index in [4.69, 9.17) is 4.74 Å². The molecule has 1 rings (SSSR count). The smallest absolute Gasteiger partial charge is 0.322 e. The minimum Gasteiger partial charge on any atom is -0.748 e. The highest BCUT2D eigenvalue weighted by Gasteiger charge is 2.17. The summed E-state index contributed by atoms with van der Waals surface area (Å²) in [6.07, 6.45) is -0.670. The maximum atomic E-state index is 11.7. The van der Waals surface area contributed by atoms with E-state index in [1.165, 1.54) is 0 Å². The van der Waals surface area contributed by atoms with Crippen LogP contribution in [0.3, 0.4) is 0 Å². The fourth-order valence-electron chi connectivity index (χ4n) is 1.20. The van der Waals surface area contributed by atoms with Crippen LogP contribution in [0.4, 0.5) is 0 Å². The summed E-state index contributed by atoms with van der Waals surface area (Å²) in [4.78, 5) is 23.0. The standard InChI is InChI=1S/C11H9I3O7S/c12-6-3-7(13)11(8(14)4-6)21-10(16)5-9(15)20-1-2-22(17,18)19/h3-4H,1-2,5H2,(H,17,18,19)/p-1. The largest absolute Gasteiger partial charge is 0.748 e. The molecule has 1 aromatic rings. The predicted octanol–water partition coefficient (Wildman–Crippen LogP) is 1.88. The third-order valence-electron chi connectivity index (χ3n) is 2.06. The van der Waals surface area contributed by atoms with Gasteiger partial charge in [0.2, 0.25) is 0 Å². The second kappa shape index (κ2) is 8.93. The first kappa shape index (κ1) is 20.3. The zero-order chi connectivity index (χ0) is 16.9. The number of hydrogen-bond acceptors (Lipinski definition) is 7. The van der Waals surface area contributed by atoms with E-state index in [0.717, 1.165) is 3.57 Å². The lowest BCUT2D eigenvalue weighted by molar-refractivity contribution is -0.149. The van der Waals surface area contributed by atoms with Crippen LogP contribution >= 0.6 is 67.8 Å². The number of halogens is 3. The second-order valence-corrected chi connectivity index (χ2v) is 8.93. The molecule has 122 valence electrons. The van der Waals surface area contributed by atoms with Gasteiger partial charge in [-0.1, -0.05) is 0 Å². The summed E-state index contributed by atoms with van der Waals surface area (Å²) in [6, 6.07) is 3.62. The molecule has 11 heteroatoms. The summed E-state index contributed by atoms with van der Waals surface area (Å²) in [6.45, 7) is -0.587. The van der Waals surface area contributed by atoms with E-state index in [1.807, 2.05) is 57.3 Å². The Balaban J connectivity index is 2.55. The molecule has 0 amide bonds. The van der Waals surface area contributed by atoms with Gasteiger partial charge in [0, 0.05) is 3.57 Å². The minimum absolute atomic E-state index is 0.349. The van der Waals surface area contributed by atoms with E-state index in [0.29, 0.717) is 12.9 Å². The Bertz CT molecular complexity index is 664. The van der Waals surface area contributed by atoms with Crippen LogP contribution in [0.15, 0.2) is 12.1 Å². The summed E-state index contributed by atoms with van der Waals surface area (Å²) >= 11 is 6.14. The molecule has 0 unspecified atom stereocenters. The summed E-state index contributed by atoms with van der Waals surface area (Å²) in [5, 5.41) is 0. The summed E-state index contributed by atoms with van der Waals surface area (Å²) in [7, 11) is -4.46. The van der Waals surface area contributed by atoms with E-state index >= 15 is 0 Å². The van der Waals surface area contributed by atoms with Gasteiger partial charge in [-0.3, -0.25) is 9.59 Å². The molecule has 0 radical (unpaired) electrons. The lowest BCUT2D eigenvalue weighted by atomic mass is 10.3. The van der Waals surface area contributed by atoms with Crippen LogP contribution in [0.1, 0.15) is 6.42 Å². The van der Waals surface area contributed by atoms with Crippen molar-refractivity contribution in [2.75, 3.05) is 12.4 Å². The Hall–Kier alpha value is 0.260. The molecule has 22 heavy (non-hydrogen) atoms. The van der Waals surface area contributed by atoms with Gasteiger partial charge in [-0.25, -0.2) is 8.42 Å². The van der Waals surface area contributed by atoms with Crippen LogP contribution in [-0.4, -0.2) is 37.3 Å². The average molecular weight is 665 g/mol. The molecule has 0 spiro atoms. The number of esters is 2. The van der Waals surface area contributed by atoms with Gasteiger partial charge in [0.1, 0.15) is 13.0 Å². The van der Waals surface area contributed by atoms with E-state index in [2.05, 4.69) is 27.3 Å². The van der Waals surface area contributed by atoms with Crippen LogP contribution in [0.5, 0.6) is 5.75 Å². The number of hydrogen-bond donors (Lipinski definition) is 0. The van der Waals surface area contributed by atoms with Crippen molar-refractivity contribution in [2.45, 2.75) is 6.42 Å². The number of benzene rings is 1. The molecule has 7 nitrogen and oxygen atoms in total. The van der Waals surface area contributed by atoms with Crippen molar-refractivity contribution in [3.63, 3.8) is 0 Å². The number of rotatable bonds is 6. The van der Waals surface area contributed by atoms with Crippen molar-refractivity contribution in [2.24, 2.45) is 0 Å². The Labute approximate surface area is 167 Å². The maximum Gasteiger partial charge on any atom is 0.322 e. The molecule has 0 aliphatic heterocycles. The highest BCUT2D eigenvalue weighted by Crippen LogP contribution is 2.29. The quantitative estimate of drug-likeness (QED) is 0.150. The van der Waals surface area contributed by atoms with Gasteiger partial charge in [-0.2, -0.15) is 0 Å². The molecule has 0 N–H and O–H groups in total. The Morgan fingerprint density at radius 1 is 1.09 bits per heavy atom. The van der Waals surface area contributed by atoms with E-state index < -0.39 is 40.8 Å². The molecule has 0 bridgehead atoms. The molecule has 0 heterocycles. The van der Waals surface area contributed by atoms with E-state index in [-0.39, 0.29) is 0 Å². The maximum absolute atomic E-state index is 11.7. The lowest BCUT2D eigenvalue weighted by Crippen LogP contribution is -2.20. The zero-order valence-corrected chi connectivity index (χ0v) is 18.0. The van der Waals surface area contributed by atoms with Crippen molar-refractivity contribution in [1.82, 2.24) is 0 Å². The van der Waals surface area contributed by atoms with Crippen LogP contribution in [0.2, 0.25) is 0 Å². The number of carbonyl (C=O) groups excluding carboxylic acids is 2. The van der Waals surface area contributed by atoms with E-state index in [1.54, 1.807) is 0 Å². The third kappa shape index (κ3) is 7.69. The number of ether oxygens (including phenoxy) is 2. The first-order chi connectivity index (χ1) is 10.1. The summed E-state index contributed by atoms with van der Waals surface area (Å²) < 4.78 is 43.0. The minimum atomic E-state index is -4.46. The van der Waals surface area contributed by atoms with Crippen molar-refractivity contribution in [3.05, 3.63) is 22.8 Å². The Kier molecular flexibility index (Phi) is 8.24. The van der Waals surface area contributed by atoms with Gasteiger partial charge >= 0.3 is 11.9 Å². The van der Waals surface area contributed by atoms with Gasteiger partial charge in [-0.05, 0) is 79.9 Å². The second-order valence-electron chi connectivity index (χ2n) is 3.83. The molecule has 0 aliphatic carbocycles. The topological polar surface area (TPSA) is 110 Å². The van der Waals surface area contributed by atoms with Crippen molar-refractivity contribution in [3.8, 4) is 5.75 Å². The van der Waals surface area contributed by atoms with Gasteiger partial charge in [0.15, 0.2) is 5.75 Å². The van der Waals surface area contributed by atoms with Crippen LogP contribution in [0, 0.1) is 10.7 Å². The summed E-state index contributed by atoms with van der Waals surface area (Å²) in [5.41, 5.74) is 0. The van der Waals surface area contributed by atoms with Crippen molar-refractivity contribution < 1.29 is 32.0 Å². The highest BCUT2D eigenvalue weighted by atomic mass is 127. The number of carbonyl (C=O) groups is 2. The monoisotopic (exact) mass is 665 g/mol. The van der Waals surface area contributed by atoms with Crippen LogP contribution in [0.25, 0.3) is 0 Å². The predicted molar refractivity (Wildman–Crippen MR) is 100 cm³/mol. The fraction of sp³-hybridized carbons (Fsp3) is 0.273. The van der Waals surface area contributed by atoms with Gasteiger partial charge in [0.25, 0.3) is 0 Å². The lowest BCUT2D eigenvalue weighted by Gasteiger charge is -2.10. The van der Waals surface area contributed by atoms with Gasteiger partial charge < -0.3 is 14.0 Å². The Morgan fingerprint density at radius 2 is 1.64 bits per heavy atom. The third-order valence-corrected chi connectivity index (χ3v) is 4.96. The zero-order valence-electron chi connectivity index (χ0n) is 10.7. The first-order valence-corrected chi connectivity index (χ1v) is 10.3. The molecular formula is C11H8I3O7S-. The van der Waals surface area contributed by atoms with Gasteiger partial charge in [-0.15, -0.1) is 0 Å². The van der Waals surface area contributed by atoms with Crippen molar-refractivity contribution in [1.29, 1.82) is 0 Å². The van der Waals surface area contributed by atoms with Crippen molar-refractivity contribution >= 4 is 89.8 Å². The van der Waals surface area contributed by atoms with Crippen LogP contribution in [-0.2, 0) is 24.4 Å². The normalized spacial score (nSPS) is 11.1. The summed E-state index contributed by atoms with van der Waals surface area (Å²) in [5.74, 6) is -2.27. The van der Waals surface area contributed by atoms with E-state index in [9.17, 15) is 22.6 Å². The van der Waals surface area contributed by atoms with Gasteiger partial charge in [0.05, 0.1) is 23.0 Å². The Morgan fingerprint density at radius 3 is 2.14 bits per heavy atom. The first-order valence-electron chi connectivity index (χ1n) is 5.53. The molecule has 0 saturated carbocycles. The molecule has 0 aromatic heterocycles. The molecule has 1 aromatic carbocycles. The fourth-order valence-corrected chi connectivity index (χ4v) is 5.29. The average Bonchev–Trinajstić information content (AvgIpc) is 2.31. The molecular weight excluding hydrogens is 657 g/mol. The SMILES string of the molecule is O=C(CC(=O)Oc1c(I)cc(I)cc1I)OCCS(=O)(=O)[O-]. The highest BCUT2D eigenvalue weighted by molar-refractivity contribution is 14.1. The van der Waals surface area contributed by atoms with Crippen LogP contribution < -0.4 is 4.74 Å². The molecule has 0 aliphatic rings.